The number of methoxy groups -OCH3 is 3. The number of Topliss-reactive ketones (excluding diaryl/α,β-unsaturated/α-hetero) is 3. The molecular formula is C102H161Br2N11O27. The molecule has 10 atom stereocenters. The lowest BCUT2D eigenvalue weighted by molar-refractivity contribution is -0.149. The van der Waals surface area contributed by atoms with Crippen molar-refractivity contribution in [3.63, 3.8) is 0 Å². The summed E-state index contributed by atoms with van der Waals surface area (Å²) in [7, 11) is 7.86. The van der Waals surface area contributed by atoms with E-state index in [9.17, 15) is 38.4 Å². The first kappa shape index (κ1) is 125. The highest BCUT2D eigenvalue weighted by Gasteiger charge is 2.44. The van der Waals surface area contributed by atoms with Gasteiger partial charge < -0.3 is 116 Å². The third-order valence-corrected chi connectivity index (χ3v) is 25.3. The van der Waals surface area contributed by atoms with Crippen LogP contribution >= 0.6 is 31.9 Å². The van der Waals surface area contributed by atoms with Gasteiger partial charge in [-0.1, -0.05) is 141 Å². The van der Waals surface area contributed by atoms with Crippen LogP contribution in [0.2, 0.25) is 0 Å². The Hall–Kier alpha value is -7.78. The lowest BCUT2D eigenvalue weighted by atomic mass is 9.83. The fourth-order valence-corrected chi connectivity index (χ4v) is 17.1. The van der Waals surface area contributed by atoms with Crippen LogP contribution in [-0.4, -0.2) is 361 Å². The van der Waals surface area contributed by atoms with Crippen molar-refractivity contribution in [2.75, 3.05) is 252 Å². The first-order chi connectivity index (χ1) is 68.8. The van der Waals surface area contributed by atoms with Crippen molar-refractivity contribution in [2.45, 2.75) is 192 Å². The predicted molar refractivity (Wildman–Crippen MR) is 543 cm³/mol. The smallest absolute Gasteiger partial charge is 0.410 e. The molecule has 800 valence electrons. The third kappa shape index (κ3) is 50.6. The van der Waals surface area contributed by atoms with Crippen molar-refractivity contribution in [3.05, 3.63) is 111 Å². The number of benzene rings is 3. The summed E-state index contributed by atoms with van der Waals surface area (Å²) in [6.45, 7) is 25.6. The molecule has 0 spiro atoms. The number of ether oxygens (including phenoxy) is 18. The van der Waals surface area contributed by atoms with E-state index >= 15 is 4.79 Å². The monoisotopic (exact) mass is 2130 g/mol. The van der Waals surface area contributed by atoms with Gasteiger partial charge in [0.2, 0.25) is 29.5 Å². The van der Waals surface area contributed by atoms with E-state index in [4.69, 9.17) is 95.8 Å². The van der Waals surface area contributed by atoms with Crippen molar-refractivity contribution >= 4 is 102 Å². The van der Waals surface area contributed by atoms with Gasteiger partial charge in [-0.25, -0.2) is 14.8 Å². The molecule has 1 aliphatic heterocycles. The first-order valence-electron chi connectivity index (χ1n) is 49.9. The molecule has 0 bridgehead atoms. The summed E-state index contributed by atoms with van der Waals surface area (Å²) in [6, 6.07) is 19.1. The number of alkyl halides is 2. The van der Waals surface area contributed by atoms with Crippen LogP contribution in [0, 0.1) is 35.5 Å². The van der Waals surface area contributed by atoms with Gasteiger partial charge in [-0.15, -0.1) is 0 Å². The maximum atomic E-state index is 15.0. The third-order valence-electron chi connectivity index (χ3n) is 24.2. The number of nitrogens with one attached hydrogen (secondary N) is 3. The Morgan fingerprint density at radius 2 is 1.06 bits per heavy atom. The molecule has 38 nitrogen and oxygen atoms in total. The number of aromatic nitrogens is 2. The lowest BCUT2D eigenvalue weighted by Crippen LogP contribution is -2.55. The standard InChI is InChI=1S/C102H161Br2N11O27/c1-13-76(6)97(93(126-11)69-95(120)115-35-19-24-90(115)98(127-12)77(7)99(121)109-83(72-107-112-105)65-78-21-15-14-16-22-78)113(8)101(123)85(74(2)3)68-92(118)96(75(4)5)114(9)102(124)142-73-79-26-29-82(30-27-79)108-100(122)81(66-84(116)32-37-129-42-41-128-36-20-25-91(117)80-28-31-86-87(67-80)111-89(71-104)88(70-103)110-86)23-17-18-34-106-94(119)33-38-130-43-44-132-47-48-134-51-52-136-55-56-138-59-60-140-63-64-141-62-61-139-58-57-137-54-53-135-50-49-133-46-45-131-40-39-125-10/h14-16,21-22,26-31,67,74-77,81,83,85,90,93,96-98H,13,17-20,23-25,32-66,68-73H2,1-12H3,(H,106,119)(H,108,122)(H,109,121)/t76-,77+,81+,83-,85-,90-,93+,96-,97-,98+/m0/s1. The maximum absolute atomic E-state index is 15.0. The van der Waals surface area contributed by atoms with E-state index in [1.165, 1.54) is 26.2 Å². The Kier molecular flexibility index (Phi) is 67.4. The molecule has 0 radical (unpaired) electrons. The van der Waals surface area contributed by atoms with E-state index in [2.05, 4.69) is 62.8 Å². The molecule has 1 aliphatic rings. The highest BCUT2D eigenvalue weighted by Crippen LogP contribution is 2.33. The summed E-state index contributed by atoms with van der Waals surface area (Å²) >= 11 is 6.94. The summed E-state index contributed by atoms with van der Waals surface area (Å²) in [6.07, 6.45) is 2.09. The maximum Gasteiger partial charge on any atom is 0.410 e. The fourth-order valence-electron chi connectivity index (χ4n) is 16.2. The van der Waals surface area contributed by atoms with Crippen LogP contribution < -0.4 is 16.0 Å². The van der Waals surface area contributed by atoms with Crippen molar-refractivity contribution in [2.24, 2.45) is 40.6 Å². The Labute approximate surface area is 856 Å². The number of likely N-dealkylation sites (tertiary alicyclic amines) is 1. The van der Waals surface area contributed by atoms with Crippen LogP contribution in [0.4, 0.5) is 10.5 Å². The quantitative estimate of drug-likeness (QED) is 0.00923. The SMILES string of the molecule is CC[C@H](C)[C@@H]([C@@H](CC(=O)N1CCC[C@H]1[C@H](OC)[C@@H](C)C(=O)N[C@H](CN=[N+]=[N-])Cc1ccccc1)OC)N(C)C(=O)[C@@H](CC(=O)[C@H](C(C)C)N(C)C(=O)OCc1ccc(NC(=O)[C@H](CCCCNC(=O)CCOCCOCCOCCOCCOCCOCCOCCOCCOCCOCCOCCOCCOC)CC(=O)CCOCCOCCCC(=O)c2ccc3nc(CBr)c(CBr)nc3c2)cc1)C(C)C. The molecule has 1 saturated heterocycles. The van der Waals surface area contributed by atoms with E-state index in [0.29, 0.717) is 268 Å². The zero-order chi connectivity index (χ0) is 103. The molecule has 2 heterocycles. The molecule has 0 unspecified atom stereocenters. The zero-order valence-corrected chi connectivity index (χ0v) is 89.0. The number of rotatable bonds is 86. The molecule has 1 aromatic heterocycles. The summed E-state index contributed by atoms with van der Waals surface area (Å²) in [5.41, 5.74) is 14.7. The Morgan fingerprint density at radius 3 is 1.56 bits per heavy atom. The molecule has 0 aliphatic carbocycles. The predicted octanol–water partition coefficient (Wildman–Crippen LogP) is 12.3. The van der Waals surface area contributed by atoms with Gasteiger partial charge in [0.25, 0.3) is 0 Å². The van der Waals surface area contributed by atoms with E-state index in [-0.39, 0.29) is 137 Å². The number of hydrogen-bond acceptors (Lipinski definition) is 30. The van der Waals surface area contributed by atoms with Gasteiger partial charge >= 0.3 is 6.09 Å². The van der Waals surface area contributed by atoms with Gasteiger partial charge in [-0.3, -0.25) is 38.4 Å². The van der Waals surface area contributed by atoms with Crippen LogP contribution in [0.5, 0.6) is 0 Å². The number of carbonyl (C=O) groups excluding carboxylic acids is 9. The van der Waals surface area contributed by atoms with Crippen LogP contribution in [0.15, 0.2) is 77.9 Å². The molecule has 0 saturated carbocycles. The number of azide groups is 1. The van der Waals surface area contributed by atoms with Crippen LogP contribution in [-0.2, 0) is 143 Å². The van der Waals surface area contributed by atoms with Crippen molar-refractivity contribution < 1.29 is 128 Å². The molecule has 4 aromatic rings. The van der Waals surface area contributed by atoms with Gasteiger partial charge in [0.15, 0.2) is 11.6 Å². The number of hydrogen-bond donors (Lipinski definition) is 3. The lowest BCUT2D eigenvalue weighted by Gasteiger charge is -2.41. The van der Waals surface area contributed by atoms with Gasteiger partial charge in [0, 0.05) is 138 Å². The normalized spacial score (nSPS) is 14.6. The average molecular weight is 2130 g/mol. The topological polar surface area (TPSA) is 440 Å². The number of carbonyl (C=O) groups is 9. The minimum atomic E-state index is -0.980. The second-order valence-corrected chi connectivity index (χ2v) is 36.5. The van der Waals surface area contributed by atoms with Gasteiger partial charge in [-0.05, 0) is 103 Å². The molecular weight excluding hydrogens is 1970 g/mol. The van der Waals surface area contributed by atoms with Crippen LogP contribution in [0.25, 0.3) is 21.5 Å². The largest absolute Gasteiger partial charge is 0.445 e. The number of anilines is 1. The molecule has 1 fully saturated rings. The number of nitrogens with zero attached hydrogens (tertiary/aromatic N) is 8. The second kappa shape index (κ2) is 76.7. The highest BCUT2D eigenvalue weighted by molar-refractivity contribution is 9.09. The minimum Gasteiger partial charge on any atom is -0.445 e. The number of likely N-dealkylation sites (N-methyl/N-ethyl adjacent to an activating group) is 2. The summed E-state index contributed by atoms with van der Waals surface area (Å²) in [5.74, 6) is -5.11. The van der Waals surface area contributed by atoms with Crippen LogP contribution in [0.1, 0.15) is 165 Å². The van der Waals surface area contributed by atoms with E-state index in [1.54, 1.807) is 73.3 Å². The average Bonchev–Trinajstić information content (AvgIpc) is 1.64. The second-order valence-electron chi connectivity index (χ2n) is 35.4. The molecule has 6 amide bonds. The van der Waals surface area contributed by atoms with Crippen molar-refractivity contribution in [1.29, 1.82) is 0 Å². The first-order valence-corrected chi connectivity index (χ1v) is 52.2. The van der Waals surface area contributed by atoms with E-state index < -0.39 is 66.1 Å². The Morgan fingerprint density at radius 1 is 0.549 bits per heavy atom. The summed E-state index contributed by atoms with van der Waals surface area (Å²) in [4.78, 5) is 143. The van der Waals surface area contributed by atoms with Gasteiger partial charge in [0.05, 0.1) is 250 Å². The number of halogens is 2. The van der Waals surface area contributed by atoms with E-state index in [0.717, 1.165) is 17.0 Å². The van der Waals surface area contributed by atoms with Crippen molar-refractivity contribution in [3.8, 4) is 0 Å². The van der Waals surface area contributed by atoms with Crippen molar-refractivity contribution in [1.82, 2.24) is 35.3 Å². The molecule has 3 aromatic carbocycles. The molecule has 3 N–H and O–H groups in total. The van der Waals surface area contributed by atoms with Gasteiger partial charge in [0.1, 0.15) is 12.4 Å². The van der Waals surface area contributed by atoms with Crippen LogP contribution in [0.3, 0.4) is 0 Å². The minimum absolute atomic E-state index is 0.0350. The fraction of sp³-hybridized carbons (Fsp3) is 0.716. The number of ketones is 3. The summed E-state index contributed by atoms with van der Waals surface area (Å²) < 4.78 is 101. The number of unbranched alkanes of at least 4 members (excludes halogenated alkanes) is 1. The molecule has 40 heteroatoms. The Bertz CT molecular complexity index is 4230. The Balaban J connectivity index is 1.02. The number of amides is 6. The zero-order valence-electron chi connectivity index (χ0n) is 85.9. The highest BCUT2D eigenvalue weighted by atomic mass is 79.9. The van der Waals surface area contributed by atoms with Gasteiger partial charge in [-0.2, -0.15) is 0 Å². The molecule has 5 rings (SSSR count). The molecule has 142 heavy (non-hydrogen) atoms. The number of fused-ring (bicyclic) bond motifs is 1. The van der Waals surface area contributed by atoms with E-state index in [1.807, 2.05) is 71.9 Å². The summed E-state index contributed by atoms with van der Waals surface area (Å²) in [5, 5.41) is 13.8.